The molecule has 19 heteroatoms. The summed E-state index contributed by atoms with van der Waals surface area (Å²) < 4.78 is 68.7. The van der Waals surface area contributed by atoms with Crippen LogP contribution in [0.4, 0.5) is 0 Å². The summed E-state index contributed by atoms with van der Waals surface area (Å²) in [6.07, 6.45) is 99.7. The van der Waals surface area contributed by atoms with Crippen molar-refractivity contribution in [3.8, 4) is 0 Å². The van der Waals surface area contributed by atoms with Crippen LogP contribution in [0.15, 0.2) is 194 Å². The highest BCUT2D eigenvalue weighted by molar-refractivity contribution is 7.47. The molecule has 0 saturated heterocycles. The largest absolute Gasteiger partial charge is 0.472 e. The van der Waals surface area contributed by atoms with Crippen molar-refractivity contribution in [3.05, 3.63) is 194 Å². The summed E-state index contributed by atoms with van der Waals surface area (Å²) in [5.41, 5.74) is 0. The topological polar surface area (TPSA) is 237 Å². The summed E-state index contributed by atoms with van der Waals surface area (Å²) in [5, 5.41) is 10.7. The zero-order valence-electron chi connectivity index (χ0n) is 68.1. The van der Waals surface area contributed by atoms with E-state index in [1.165, 1.54) is 19.3 Å². The van der Waals surface area contributed by atoms with Crippen LogP contribution >= 0.6 is 15.6 Å². The molecular weight excluding hydrogens is 1430 g/mol. The number of aliphatic hydroxyl groups is 1. The van der Waals surface area contributed by atoms with Crippen molar-refractivity contribution in [2.45, 2.75) is 316 Å². The lowest BCUT2D eigenvalue weighted by molar-refractivity contribution is -0.161. The smallest absolute Gasteiger partial charge is 0.462 e. The molecule has 622 valence electrons. The first-order chi connectivity index (χ1) is 53.7. The van der Waals surface area contributed by atoms with Crippen molar-refractivity contribution in [1.29, 1.82) is 0 Å². The number of ether oxygens (including phenoxy) is 4. The number of carbonyl (C=O) groups is 4. The SMILES string of the molecule is CC/C=C\C/C=C\C/C=C\C/C=C\C/C=C\CCCC(=O)OC(COC(=O)CCCCCCCC/C=C\C/C=C\C/C=C\CCCCC)COP(=O)(O)OCC(O)COP(=O)(O)OCC(COC(=O)CCCCCC/C=C\C/C=C\C/C=C\C/C=C\CC)OC(=O)CCCCCC/C=C\C/C=C\C/C=C\C/C=C\CC. The molecule has 0 fully saturated rings. The Morgan fingerprint density at radius 1 is 0.264 bits per heavy atom. The molecule has 0 radical (unpaired) electrons. The van der Waals surface area contributed by atoms with Crippen LogP contribution in [0.2, 0.25) is 0 Å². The standard InChI is InChI=1S/C91H146O17P2/c1-5-9-13-17-21-25-29-33-37-41-42-46-48-52-56-60-64-68-72-76-89(94)102-82-87(108-91(96)78-74-70-66-62-58-54-50-45-40-36-32-28-24-20-16-12-8-4)84-106-110(99,100)104-80-85(92)79-103-109(97,98)105-83-86(107-90(95)77-73-69-65-61-57-53-49-44-39-35-31-27-23-19-15-11-7-3)81-101-88(93)75-71-67-63-59-55-51-47-43-38-34-30-26-22-18-14-10-6-2/h10-12,14-16,21-28,33-40,42,46-47,49-51,53-54,62,66,85-87,92H,5-9,13,17-20,29-32,41,43-45,48,52,55-61,63-65,67-84H2,1-4H3,(H,97,98)(H,99,100)/b14-10-,15-11-,16-12-,25-21-,26-22-,27-23-,28-24-,37-33-,38-34-,39-35-,40-36-,46-42-,51-47-,53-49-,54-50-,66-62-. The van der Waals surface area contributed by atoms with Crippen molar-refractivity contribution in [2.75, 3.05) is 39.6 Å². The number of phosphoric acid groups is 2. The van der Waals surface area contributed by atoms with Crippen molar-refractivity contribution in [2.24, 2.45) is 0 Å². The first kappa shape index (κ1) is 104. The van der Waals surface area contributed by atoms with Crippen LogP contribution in [-0.4, -0.2) is 96.7 Å². The summed E-state index contributed by atoms with van der Waals surface area (Å²) in [6, 6.07) is 0. The van der Waals surface area contributed by atoms with Crippen LogP contribution < -0.4 is 0 Å². The zero-order chi connectivity index (χ0) is 80.3. The minimum atomic E-state index is -5.01. The Hall–Kier alpha value is -6.10. The van der Waals surface area contributed by atoms with Gasteiger partial charge in [-0.25, -0.2) is 9.13 Å². The van der Waals surface area contributed by atoms with Gasteiger partial charge in [-0.2, -0.15) is 0 Å². The molecule has 3 N–H and O–H groups in total. The van der Waals surface area contributed by atoms with Gasteiger partial charge in [-0.3, -0.25) is 37.3 Å². The van der Waals surface area contributed by atoms with Crippen molar-refractivity contribution < 1.29 is 80.2 Å². The zero-order valence-corrected chi connectivity index (χ0v) is 69.9. The number of hydrogen-bond acceptors (Lipinski definition) is 15. The quantitative estimate of drug-likeness (QED) is 0.0169. The fourth-order valence-corrected chi connectivity index (χ4v) is 11.9. The molecule has 0 saturated carbocycles. The van der Waals surface area contributed by atoms with E-state index in [9.17, 15) is 43.2 Å². The number of esters is 4. The van der Waals surface area contributed by atoms with Crippen LogP contribution in [0.3, 0.4) is 0 Å². The van der Waals surface area contributed by atoms with E-state index >= 15 is 0 Å². The van der Waals surface area contributed by atoms with E-state index in [0.717, 1.165) is 193 Å². The van der Waals surface area contributed by atoms with Gasteiger partial charge in [0.2, 0.25) is 0 Å². The van der Waals surface area contributed by atoms with E-state index in [4.69, 9.17) is 37.0 Å². The average Bonchev–Trinajstić information content (AvgIpc) is 0.900. The maximum absolute atomic E-state index is 13.1. The normalized spacial score (nSPS) is 14.8. The second-order valence-electron chi connectivity index (χ2n) is 26.9. The van der Waals surface area contributed by atoms with Crippen LogP contribution in [0.1, 0.15) is 297 Å². The predicted molar refractivity (Wildman–Crippen MR) is 454 cm³/mol. The molecule has 0 bridgehead atoms. The number of rotatable bonds is 76. The molecule has 17 nitrogen and oxygen atoms in total. The molecule has 0 rings (SSSR count). The van der Waals surface area contributed by atoms with E-state index in [1.807, 2.05) is 12.2 Å². The summed E-state index contributed by atoms with van der Waals surface area (Å²) in [5.74, 6) is -2.33. The fourth-order valence-electron chi connectivity index (χ4n) is 10.3. The van der Waals surface area contributed by atoms with Crippen LogP contribution in [0, 0.1) is 0 Å². The van der Waals surface area contributed by atoms with Gasteiger partial charge in [-0.15, -0.1) is 0 Å². The average molecular weight is 1570 g/mol. The fraction of sp³-hybridized carbons (Fsp3) is 0.604. The number of hydrogen-bond donors (Lipinski definition) is 3. The minimum absolute atomic E-state index is 0.00515. The Labute approximate surface area is 666 Å². The van der Waals surface area contributed by atoms with Crippen molar-refractivity contribution >= 4 is 39.5 Å². The third kappa shape index (κ3) is 80.0. The molecule has 0 heterocycles. The molecule has 110 heavy (non-hydrogen) atoms. The summed E-state index contributed by atoms with van der Waals surface area (Å²) in [6.45, 7) is 4.36. The number of aliphatic hydroxyl groups excluding tert-OH is 1. The van der Waals surface area contributed by atoms with Gasteiger partial charge in [0.1, 0.15) is 19.3 Å². The van der Waals surface area contributed by atoms with Gasteiger partial charge in [-0.05, 0) is 180 Å². The lowest BCUT2D eigenvalue weighted by Crippen LogP contribution is -2.30. The highest BCUT2D eigenvalue weighted by Crippen LogP contribution is 2.45. The van der Waals surface area contributed by atoms with Gasteiger partial charge in [-0.1, -0.05) is 286 Å². The van der Waals surface area contributed by atoms with Crippen molar-refractivity contribution in [1.82, 2.24) is 0 Å². The predicted octanol–water partition coefficient (Wildman–Crippen LogP) is 24.9. The third-order valence-corrected chi connectivity index (χ3v) is 18.4. The van der Waals surface area contributed by atoms with E-state index in [0.29, 0.717) is 32.1 Å². The van der Waals surface area contributed by atoms with Gasteiger partial charge in [0, 0.05) is 25.7 Å². The molecule has 0 aliphatic heterocycles. The molecular formula is C91H146O17P2. The lowest BCUT2D eigenvalue weighted by Gasteiger charge is -2.21. The minimum Gasteiger partial charge on any atom is -0.462 e. The summed E-state index contributed by atoms with van der Waals surface area (Å²) in [7, 11) is -10.0. The monoisotopic (exact) mass is 1570 g/mol. The number of carbonyl (C=O) groups excluding carboxylic acids is 4. The number of phosphoric ester groups is 2. The highest BCUT2D eigenvalue weighted by Gasteiger charge is 2.30. The van der Waals surface area contributed by atoms with E-state index in [-0.39, 0.29) is 25.7 Å². The molecule has 0 aliphatic carbocycles. The molecule has 5 atom stereocenters. The van der Waals surface area contributed by atoms with Gasteiger partial charge in [0.05, 0.1) is 26.4 Å². The molecule has 0 spiro atoms. The van der Waals surface area contributed by atoms with E-state index in [2.05, 4.69) is 210 Å². The van der Waals surface area contributed by atoms with Crippen LogP contribution in [0.5, 0.6) is 0 Å². The third-order valence-electron chi connectivity index (χ3n) is 16.5. The molecule has 0 aliphatic rings. The van der Waals surface area contributed by atoms with Gasteiger partial charge in [0.25, 0.3) is 0 Å². The first-order valence-electron chi connectivity index (χ1n) is 41.7. The number of allylic oxidation sites excluding steroid dienone is 32. The molecule has 0 amide bonds. The second kappa shape index (κ2) is 80.9. The van der Waals surface area contributed by atoms with Crippen LogP contribution in [-0.2, 0) is 65.4 Å². The molecule has 0 aromatic rings. The Morgan fingerprint density at radius 2 is 0.482 bits per heavy atom. The van der Waals surface area contributed by atoms with Crippen molar-refractivity contribution in [3.63, 3.8) is 0 Å². The molecule has 0 aromatic heterocycles. The Balaban J connectivity index is 5.51. The number of unbranched alkanes of at least 4 members (excludes halogenated alkanes) is 18. The van der Waals surface area contributed by atoms with E-state index < -0.39 is 97.5 Å². The lowest BCUT2D eigenvalue weighted by atomic mass is 10.1. The first-order valence-corrected chi connectivity index (χ1v) is 44.7. The summed E-state index contributed by atoms with van der Waals surface area (Å²) >= 11 is 0. The Bertz CT molecular complexity index is 2850. The Kier molecular flexibility index (Phi) is 76.4. The Morgan fingerprint density at radius 3 is 0.764 bits per heavy atom. The molecule has 5 unspecified atom stereocenters. The summed E-state index contributed by atoms with van der Waals surface area (Å²) in [4.78, 5) is 73.2. The van der Waals surface area contributed by atoms with Crippen LogP contribution in [0.25, 0.3) is 0 Å². The molecule has 0 aromatic carbocycles. The maximum atomic E-state index is 13.1. The second-order valence-corrected chi connectivity index (χ2v) is 29.8. The van der Waals surface area contributed by atoms with Gasteiger partial charge in [0.15, 0.2) is 12.2 Å². The van der Waals surface area contributed by atoms with E-state index in [1.54, 1.807) is 0 Å². The highest BCUT2D eigenvalue weighted by atomic mass is 31.2. The van der Waals surface area contributed by atoms with Gasteiger partial charge < -0.3 is 33.8 Å². The van der Waals surface area contributed by atoms with Gasteiger partial charge >= 0.3 is 39.5 Å². The maximum Gasteiger partial charge on any atom is 0.472 e.